The minimum atomic E-state index is -0.311. The molecule has 2 aliphatic heterocycles. The molecule has 0 bridgehead atoms. The molecule has 9 nitrogen and oxygen atoms in total. The van der Waals surface area contributed by atoms with E-state index in [1.165, 1.54) is 6.42 Å². The van der Waals surface area contributed by atoms with Gasteiger partial charge in [0.2, 0.25) is 5.95 Å². The lowest BCUT2D eigenvalue weighted by molar-refractivity contribution is 0.354. The van der Waals surface area contributed by atoms with Crippen LogP contribution in [0, 0.1) is 29.1 Å². The average molecular weight is 473 g/mol. The number of benzene rings is 1. The van der Waals surface area contributed by atoms with Crippen molar-refractivity contribution in [3.05, 3.63) is 40.8 Å². The minimum absolute atomic E-state index is 0.311. The summed E-state index contributed by atoms with van der Waals surface area (Å²) >= 11 is 0. The lowest BCUT2D eigenvalue weighted by Gasteiger charge is -2.35. The van der Waals surface area contributed by atoms with Gasteiger partial charge in [-0.1, -0.05) is 13.8 Å². The maximum absolute atomic E-state index is 12.6. The Morgan fingerprint density at radius 2 is 1.80 bits per heavy atom. The third-order valence-corrected chi connectivity index (χ3v) is 7.15. The molecule has 2 N–H and O–H groups in total. The van der Waals surface area contributed by atoms with Crippen LogP contribution in [0.5, 0.6) is 0 Å². The maximum Gasteiger partial charge on any atom is 0.277 e. The molecule has 2 fully saturated rings. The summed E-state index contributed by atoms with van der Waals surface area (Å²) in [6, 6.07) is 10.5. The second kappa shape index (κ2) is 9.90. The molecular formula is C26H32N8O. The van der Waals surface area contributed by atoms with Crippen molar-refractivity contribution in [2.45, 2.75) is 39.5 Å². The zero-order valence-electron chi connectivity index (χ0n) is 20.4. The number of H-pyrrole nitrogens is 1. The van der Waals surface area contributed by atoms with E-state index in [1.807, 2.05) is 12.1 Å². The van der Waals surface area contributed by atoms with Crippen LogP contribution in [0.2, 0.25) is 0 Å². The van der Waals surface area contributed by atoms with Gasteiger partial charge < -0.3 is 15.1 Å². The molecule has 182 valence electrons. The van der Waals surface area contributed by atoms with E-state index in [-0.39, 0.29) is 5.56 Å². The van der Waals surface area contributed by atoms with Crippen molar-refractivity contribution in [1.82, 2.24) is 20.2 Å². The number of nitrogens with one attached hydrogen (secondary N) is 2. The van der Waals surface area contributed by atoms with Gasteiger partial charge in [0.15, 0.2) is 0 Å². The van der Waals surface area contributed by atoms with E-state index in [2.05, 4.69) is 57.4 Å². The summed E-state index contributed by atoms with van der Waals surface area (Å²) in [6.07, 6.45) is 5.53. The molecule has 2 unspecified atom stereocenters. The van der Waals surface area contributed by atoms with Gasteiger partial charge in [0.1, 0.15) is 16.7 Å². The lowest BCUT2D eigenvalue weighted by atomic mass is 9.92. The fourth-order valence-electron chi connectivity index (χ4n) is 5.47. The van der Waals surface area contributed by atoms with Gasteiger partial charge in [-0.05, 0) is 61.3 Å². The Labute approximate surface area is 205 Å². The van der Waals surface area contributed by atoms with Crippen molar-refractivity contribution in [2.24, 2.45) is 17.8 Å². The summed E-state index contributed by atoms with van der Waals surface area (Å²) in [5.41, 5.74) is 2.24. The van der Waals surface area contributed by atoms with Crippen molar-refractivity contribution in [2.75, 3.05) is 41.3 Å². The van der Waals surface area contributed by atoms with Gasteiger partial charge in [0, 0.05) is 44.0 Å². The normalized spacial score (nSPS) is 21.2. The number of rotatable bonds is 5. The fraction of sp³-hybridized carbons (Fsp3) is 0.500. The van der Waals surface area contributed by atoms with Crippen LogP contribution in [0.1, 0.15) is 39.5 Å². The predicted molar refractivity (Wildman–Crippen MR) is 138 cm³/mol. The van der Waals surface area contributed by atoms with E-state index in [9.17, 15) is 4.79 Å². The third-order valence-electron chi connectivity index (χ3n) is 7.15. The number of piperidine rings is 2. The molecule has 0 aliphatic carbocycles. The number of hydrogen-bond donors (Lipinski definition) is 2. The van der Waals surface area contributed by atoms with E-state index < -0.39 is 0 Å². The van der Waals surface area contributed by atoms with Crippen LogP contribution >= 0.6 is 0 Å². The molecule has 5 rings (SSSR count). The molecule has 4 heterocycles. The standard InChI is InChI=1S/C26H32N8O/c1-17-13-18(2)16-34(15-17)26-30-22-14-28-32-25(35)23(22)24(31-26)29-20-3-5-21(6-4-20)33-11-8-19(7-10-27)9-12-33/h3-6,14,17-19H,7-9,11-13,15-16H2,1-2H3,(H,32,35)(H,29,30,31). The summed E-state index contributed by atoms with van der Waals surface area (Å²) in [5, 5.41) is 19.2. The van der Waals surface area contributed by atoms with E-state index in [1.54, 1.807) is 6.20 Å². The largest absolute Gasteiger partial charge is 0.372 e. The van der Waals surface area contributed by atoms with E-state index in [4.69, 9.17) is 15.2 Å². The predicted octanol–water partition coefficient (Wildman–Crippen LogP) is 4.07. The van der Waals surface area contributed by atoms with Gasteiger partial charge in [0.25, 0.3) is 5.56 Å². The van der Waals surface area contributed by atoms with Crippen LogP contribution in [-0.4, -0.2) is 46.3 Å². The first-order valence-electron chi connectivity index (χ1n) is 12.5. The molecular weight excluding hydrogens is 440 g/mol. The smallest absolute Gasteiger partial charge is 0.277 e. The summed E-state index contributed by atoms with van der Waals surface area (Å²) in [4.78, 5) is 26.7. The van der Waals surface area contributed by atoms with Crippen LogP contribution in [0.15, 0.2) is 35.3 Å². The highest BCUT2D eigenvalue weighted by molar-refractivity contribution is 5.90. The zero-order chi connectivity index (χ0) is 24.4. The van der Waals surface area contributed by atoms with E-state index in [0.717, 1.165) is 50.4 Å². The monoisotopic (exact) mass is 472 g/mol. The zero-order valence-corrected chi connectivity index (χ0v) is 20.4. The third kappa shape index (κ3) is 5.06. The Balaban J connectivity index is 1.39. The van der Waals surface area contributed by atoms with E-state index in [0.29, 0.717) is 46.8 Å². The van der Waals surface area contributed by atoms with Crippen molar-refractivity contribution >= 4 is 34.0 Å². The molecule has 0 amide bonds. The van der Waals surface area contributed by atoms with Crippen LogP contribution in [0.3, 0.4) is 0 Å². The van der Waals surface area contributed by atoms with Gasteiger partial charge in [0.05, 0.1) is 12.3 Å². The number of aromatic nitrogens is 4. The molecule has 1 aromatic carbocycles. The van der Waals surface area contributed by atoms with Gasteiger partial charge >= 0.3 is 0 Å². The van der Waals surface area contributed by atoms with Gasteiger partial charge in [-0.2, -0.15) is 15.3 Å². The summed E-state index contributed by atoms with van der Waals surface area (Å²) in [6.45, 7) is 8.23. The molecule has 9 heteroatoms. The Morgan fingerprint density at radius 3 is 2.49 bits per heavy atom. The SMILES string of the molecule is CC1CC(C)CN(c2nc(Nc3ccc(N4CCC(CC#N)CC4)cc3)c3c(=O)[nH]ncc3n2)C1. The van der Waals surface area contributed by atoms with Crippen LogP contribution in [0.4, 0.5) is 23.1 Å². The average Bonchev–Trinajstić information content (AvgIpc) is 2.84. The highest BCUT2D eigenvalue weighted by Crippen LogP contribution is 2.30. The minimum Gasteiger partial charge on any atom is -0.372 e. The molecule has 0 spiro atoms. The summed E-state index contributed by atoms with van der Waals surface area (Å²) < 4.78 is 0. The van der Waals surface area contributed by atoms with Crippen molar-refractivity contribution < 1.29 is 0 Å². The number of aromatic amines is 1. The van der Waals surface area contributed by atoms with Crippen LogP contribution < -0.4 is 20.7 Å². The van der Waals surface area contributed by atoms with Gasteiger partial charge in [-0.25, -0.2) is 10.1 Å². The second-order valence-corrected chi connectivity index (χ2v) is 10.1. The van der Waals surface area contributed by atoms with E-state index >= 15 is 0 Å². The first kappa shape index (κ1) is 23.1. The summed E-state index contributed by atoms with van der Waals surface area (Å²) in [5.74, 6) is 2.75. The molecule has 2 saturated heterocycles. The number of hydrogen-bond acceptors (Lipinski definition) is 8. The molecule has 0 saturated carbocycles. The van der Waals surface area contributed by atoms with Crippen molar-refractivity contribution in [3.63, 3.8) is 0 Å². The Hall–Kier alpha value is -3.67. The lowest BCUT2D eigenvalue weighted by Crippen LogP contribution is -2.39. The van der Waals surface area contributed by atoms with Crippen molar-refractivity contribution in [3.8, 4) is 6.07 Å². The quantitative estimate of drug-likeness (QED) is 0.571. The van der Waals surface area contributed by atoms with Crippen LogP contribution in [0.25, 0.3) is 10.9 Å². The number of fused-ring (bicyclic) bond motifs is 1. The van der Waals surface area contributed by atoms with Gasteiger partial charge in [-0.15, -0.1) is 0 Å². The highest BCUT2D eigenvalue weighted by Gasteiger charge is 2.25. The molecule has 0 radical (unpaired) electrons. The molecule has 2 aliphatic rings. The molecule has 3 aromatic rings. The highest BCUT2D eigenvalue weighted by atomic mass is 16.1. The Bertz CT molecular complexity index is 1260. The number of anilines is 4. The Morgan fingerprint density at radius 1 is 1.09 bits per heavy atom. The number of nitrogens with zero attached hydrogens (tertiary/aromatic N) is 6. The van der Waals surface area contributed by atoms with Crippen molar-refractivity contribution in [1.29, 1.82) is 5.26 Å². The van der Waals surface area contributed by atoms with Gasteiger partial charge in [-0.3, -0.25) is 4.79 Å². The fourth-order valence-corrected chi connectivity index (χ4v) is 5.47. The summed E-state index contributed by atoms with van der Waals surface area (Å²) in [7, 11) is 0. The first-order chi connectivity index (χ1) is 17.0. The maximum atomic E-state index is 12.6. The van der Waals surface area contributed by atoms with Crippen LogP contribution in [-0.2, 0) is 0 Å². The molecule has 2 aromatic heterocycles. The topological polar surface area (TPSA) is 114 Å². The Kier molecular flexibility index (Phi) is 6.53. The second-order valence-electron chi connectivity index (χ2n) is 10.1. The molecule has 35 heavy (non-hydrogen) atoms. The first-order valence-corrected chi connectivity index (χ1v) is 12.5. The molecule has 2 atom stereocenters. The number of nitriles is 1.